The Morgan fingerprint density at radius 2 is 2.11 bits per heavy atom. The monoisotopic (exact) mass is 304 g/mol. The summed E-state index contributed by atoms with van der Waals surface area (Å²) in [5.74, 6) is -1.74. The number of carboxylic acids is 1. The van der Waals surface area contributed by atoms with E-state index in [-0.39, 0.29) is 15.7 Å². The van der Waals surface area contributed by atoms with Gasteiger partial charge in [0, 0.05) is 5.38 Å². The van der Waals surface area contributed by atoms with Gasteiger partial charge < -0.3 is 10.4 Å². The molecule has 4 N–H and O–H groups in total. The molecule has 1 saturated carbocycles. The zero-order chi connectivity index (χ0) is 14.2. The molecule has 0 saturated heterocycles. The SMILES string of the molecule is NS(=O)(=O)c1cc(C(=O)NC(C(=O)O)C2CC2)cs1. The molecular weight excluding hydrogens is 292 g/mol. The van der Waals surface area contributed by atoms with Gasteiger partial charge in [-0.3, -0.25) is 4.79 Å². The first-order valence-electron chi connectivity index (χ1n) is 5.44. The van der Waals surface area contributed by atoms with Gasteiger partial charge >= 0.3 is 5.97 Å². The number of amides is 1. The number of primary sulfonamides is 1. The molecule has 9 heteroatoms. The molecule has 1 atom stereocenters. The minimum Gasteiger partial charge on any atom is -0.480 e. The highest BCUT2D eigenvalue weighted by Gasteiger charge is 2.37. The predicted octanol–water partition coefficient (Wildman–Crippen LogP) is -0.0115. The Bertz CT molecular complexity index is 618. The van der Waals surface area contributed by atoms with E-state index in [1.165, 1.54) is 5.38 Å². The summed E-state index contributed by atoms with van der Waals surface area (Å²) in [6.45, 7) is 0. The van der Waals surface area contributed by atoms with E-state index in [9.17, 15) is 18.0 Å². The fraction of sp³-hybridized carbons (Fsp3) is 0.400. The van der Waals surface area contributed by atoms with Crippen LogP contribution in [0.5, 0.6) is 0 Å². The van der Waals surface area contributed by atoms with E-state index in [2.05, 4.69) is 5.32 Å². The van der Waals surface area contributed by atoms with E-state index in [4.69, 9.17) is 10.2 Å². The molecule has 19 heavy (non-hydrogen) atoms. The fourth-order valence-electron chi connectivity index (χ4n) is 1.62. The highest BCUT2D eigenvalue weighted by molar-refractivity contribution is 7.91. The summed E-state index contributed by atoms with van der Waals surface area (Å²) in [5, 5.41) is 17.6. The van der Waals surface area contributed by atoms with E-state index >= 15 is 0 Å². The summed E-state index contributed by atoms with van der Waals surface area (Å²) >= 11 is 0.823. The van der Waals surface area contributed by atoms with Gasteiger partial charge in [0.25, 0.3) is 5.91 Å². The third-order valence-electron chi connectivity index (χ3n) is 2.76. The molecule has 1 heterocycles. The summed E-state index contributed by atoms with van der Waals surface area (Å²) in [7, 11) is -3.84. The topological polar surface area (TPSA) is 127 Å². The maximum absolute atomic E-state index is 11.8. The third-order valence-corrected chi connectivity index (χ3v) is 5.15. The minimum atomic E-state index is -3.84. The number of nitrogens with two attached hydrogens (primary N) is 1. The Hall–Kier alpha value is -1.45. The third kappa shape index (κ3) is 3.31. The summed E-state index contributed by atoms with van der Waals surface area (Å²) < 4.78 is 22.0. The van der Waals surface area contributed by atoms with E-state index in [1.54, 1.807) is 0 Å². The second-order valence-electron chi connectivity index (χ2n) is 4.33. The van der Waals surface area contributed by atoms with Crippen molar-refractivity contribution >= 4 is 33.2 Å². The number of carboxylic acid groups (broad SMARTS) is 1. The average molecular weight is 304 g/mol. The normalized spacial score (nSPS) is 16.9. The lowest BCUT2D eigenvalue weighted by Gasteiger charge is -2.12. The van der Waals surface area contributed by atoms with Gasteiger partial charge in [0.1, 0.15) is 10.3 Å². The van der Waals surface area contributed by atoms with Gasteiger partial charge in [0.05, 0.1) is 5.56 Å². The molecule has 1 unspecified atom stereocenters. The molecule has 1 aliphatic rings. The minimum absolute atomic E-state index is 0.0437. The number of hydrogen-bond acceptors (Lipinski definition) is 5. The lowest BCUT2D eigenvalue weighted by Crippen LogP contribution is -2.42. The Kier molecular flexibility index (Phi) is 3.61. The smallest absolute Gasteiger partial charge is 0.326 e. The highest BCUT2D eigenvalue weighted by Crippen LogP contribution is 2.33. The maximum atomic E-state index is 11.8. The molecule has 0 bridgehead atoms. The lowest BCUT2D eigenvalue weighted by molar-refractivity contribution is -0.139. The highest BCUT2D eigenvalue weighted by atomic mass is 32.2. The Morgan fingerprint density at radius 3 is 2.53 bits per heavy atom. The van der Waals surface area contributed by atoms with E-state index in [0.29, 0.717) is 0 Å². The lowest BCUT2D eigenvalue weighted by atomic mass is 10.2. The van der Waals surface area contributed by atoms with Gasteiger partial charge in [0.15, 0.2) is 0 Å². The van der Waals surface area contributed by atoms with Crippen molar-refractivity contribution in [3.05, 3.63) is 17.0 Å². The number of sulfonamides is 1. The van der Waals surface area contributed by atoms with Gasteiger partial charge in [-0.15, -0.1) is 11.3 Å². The summed E-state index contributed by atoms with van der Waals surface area (Å²) in [4.78, 5) is 22.8. The number of carbonyl (C=O) groups is 2. The summed E-state index contributed by atoms with van der Waals surface area (Å²) in [6, 6.07) is 0.214. The molecule has 2 rings (SSSR count). The maximum Gasteiger partial charge on any atom is 0.326 e. The van der Waals surface area contributed by atoms with Gasteiger partial charge in [0.2, 0.25) is 10.0 Å². The summed E-state index contributed by atoms with van der Waals surface area (Å²) in [5.41, 5.74) is 0.0981. The van der Waals surface area contributed by atoms with E-state index < -0.39 is 27.9 Å². The second-order valence-corrected chi connectivity index (χ2v) is 7.03. The molecule has 1 aromatic heterocycles. The Labute approximate surface area is 113 Å². The molecule has 104 valence electrons. The molecule has 0 aromatic carbocycles. The number of carbonyl (C=O) groups excluding carboxylic acids is 1. The molecule has 1 aliphatic carbocycles. The van der Waals surface area contributed by atoms with Crippen molar-refractivity contribution in [1.82, 2.24) is 5.32 Å². The number of thiophene rings is 1. The van der Waals surface area contributed by atoms with Crippen LogP contribution in [0, 0.1) is 5.92 Å². The second kappa shape index (κ2) is 4.91. The zero-order valence-corrected chi connectivity index (χ0v) is 11.3. The largest absolute Gasteiger partial charge is 0.480 e. The molecule has 0 aliphatic heterocycles. The predicted molar refractivity (Wildman–Crippen MR) is 67.3 cm³/mol. The first-order chi connectivity index (χ1) is 8.79. The van der Waals surface area contributed by atoms with Crippen LogP contribution in [0.2, 0.25) is 0 Å². The molecule has 1 aromatic rings. The van der Waals surface area contributed by atoms with Crippen LogP contribution in [-0.4, -0.2) is 31.4 Å². The molecule has 1 amide bonds. The average Bonchev–Trinajstić information content (AvgIpc) is 2.98. The van der Waals surface area contributed by atoms with Crippen LogP contribution < -0.4 is 10.5 Å². The van der Waals surface area contributed by atoms with Gasteiger partial charge in [-0.05, 0) is 24.8 Å². The Morgan fingerprint density at radius 1 is 1.47 bits per heavy atom. The van der Waals surface area contributed by atoms with Gasteiger partial charge in [-0.25, -0.2) is 18.4 Å². The first kappa shape index (κ1) is 14.0. The number of rotatable bonds is 5. The molecule has 0 spiro atoms. The molecule has 0 radical (unpaired) electrons. The van der Waals surface area contributed by atoms with Crippen LogP contribution in [0.3, 0.4) is 0 Å². The van der Waals surface area contributed by atoms with E-state index in [0.717, 1.165) is 30.2 Å². The zero-order valence-electron chi connectivity index (χ0n) is 9.70. The number of nitrogens with one attached hydrogen (secondary N) is 1. The van der Waals surface area contributed by atoms with Crippen molar-refractivity contribution in [2.75, 3.05) is 0 Å². The van der Waals surface area contributed by atoms with Crippen molar-refractivity contribution in [1.29, 1.82) is 0 Å². The van der Waals surface area contributed by atoms with E-state index in [1.807, 2.05) is 0 Å². The molecule has 7 nitrogen and oxygen atoms in total. The van der Waals surface area contributed by atoms with Crippen LogP contribution in [0.25, 0.3) is 0 Å². The standard InChI is InChI=1S/C10H12N2O5S2/c11-19(16,17)7-3-6(4-18-7)9(13)12-8(10(14)15)5-1-2-5/h3-5,8H,1-2H2,(H,12,13)(H,14,15)(H2,11,16,17). The van der Waals surface area contributed by atoms with Crippen LogP contribution in [0.1, 0.15) is 23.2 Å². The molecule has 1 fully saturated rings. The number of hydrogen-bond donors (Lipinski definition) is 3. The van der Waals surface area contributed by atoms with Crippen molar-refractivity contribution < 1.29 is 23.1 Å². The quantitative estimate of drug-likeness (QED) is 0.705. The fourth-order valence-corrected chi connectivity index (χ4v) is 3.21. The number of aliphatic carboxylic acids is 1. The van der Waals surface area contributed by atoms with Crippen molar-refractivity contribution in [3.63, 3.8) is 0 Å². The van der Waals surface area contributed by atoms with Crippen LogP contribution in [-0.2, 0) is 14.8 Å². The van der Waals surface area contributed by atoms with Crippen molar-refractivity contribution in [2.45, 2.75) is 23.1 Å². The molecular formula is C10H12N2O5S2. The van der Waals surface area contributed by atoms with Gasteiger partial charge in [-0.1, -0.05) is 0 Å². The Balaban J connectivity index is 2.11. The van der Waals surface area contributed by atoms with Crippen LogP contribution in [0.15, 0.2) is 15.7 Å². The van der Waals surface area contributed by atoms with Crippen LogP contribution in [0.4, 0.5) is 0 Å². The van der Waals surface area contributed by atoms with Crippen LogP contribution >= 0.6 is 11.3 Å². The van der Waals surface area contributed by atoms with Crippen molar-refractivity contribution in [2.24, 2.45) is 11.1 Å². The van der Waals surface area contributed by atoms with Gasteiger partial charge in [-0.2, -0.15) is 0 Å². The first-order valence-corrected chi connectivity index (χ1v) is 7.86. The summed E-state index contributed by atoms with van der Waals surface area (Å²) in [6.07, 6.45) is 1.53. The van der Waals surface area contributed by atoms with Crippen molar-refractivity contribution in [3.8, 4) is 0 Å².